The smallest absolute Gasteiger partial charge is 0.106 e. The molecule has 0 radical (unpaired) electrons. The summed E-state index contributed by atoms with van der Waals surface area (Å²) in [6.07, 6.45) is 1.22. The van der Waals surface area contributed by atoms with E-state index >= 15 is 0 Å². The number of benzene rings is 1. The molecule has 1 N–H and O–H groups in total. The maximum atomic E-state index is 10.1. The molecule has 0 fully saturated rings. The average Bonchev–Trinajstić information content (AvgIpc) is 2.67. The summed E-state index contributed by atoms with van der Waals surface area (Å²) in [4.78, 5) is 0. The Bertz CT molecular complexity index is 351. The van der Waals surface area contributed by atoms with Gasteiger partial charge >= 0.3 is 0 Å². The van der Waals surface area contributed by atoms with Gasteiger partial charge in [-0.25, -0.2) is 0 Å². The van der Waals surface area contributed by atoms with Gasteiger partial charge < -0.3 is 14.6 Å². The fourth-order valence-electron chi connectivity index (χ4n) is 2.19. The van der Waals surface area contributed by atoms with Gasteiger partial charge in [0.25, 0.3) is 0 Å². The third-order valence-corrected chi connectivity index (χ3v) is 3.06. The van der Waals surface area contributed by atoms with E-state index in [-0.39, 0.29) is 6.10 Å². The van der Waals surface area contributed by atoms with Crippen molar-refractivity contribution in [1.29, 1.82) is 0 Å². The summed E-state index contributed by atoms with van der Waals surface area (Å²) < 4.78 is 11.0. The van der Waals surface area contributed by atoms with Gasteiger partial charge in [-0.2, -0.15) is 0 Å². The first-order valence-corrected chi connectivity index (χ1v) is 6.28. The standard InChI is InChI=1S/C14H20O3/c1-2-7-16-8-9-17-13-10-11-5-3-4-6-12(11)14(13)15/h3-6,13-15H,2,7-10H2,1H3. The zero-order chi connectivity index (χ0) is 12.1. The number of rotatable bonds is 6. The van der Waals surface area contributed by atoms with Gasteiger partial charge in [0.2, 0.25) is 0 Å². The van der Waals surface area contributed by atoms with E-state index in [4.69, 9.17) is 9.47 Å². The van der Waals surface area contributed by atoms with E-state index in [1.54, 1.807) is 0 Å². The molecule has 1 aromatic carbocycles. The van der Waals surface area contributed by atoms with E-state index in [1.165, 1.54) is 5.56 Å². The van der Waals surface area contributed by atoms with E-state index in [0.29, 0.717) is 13.2 Å². The molecule has 94 valence electrons. The van der Waals surface area contributed by atoms with Crippen LogP contribution < -0.4 is 0 Å². The third kappa shape index (κ3) is 3.06. The Morgan fingerprint density at radius 1 is 1.24 bits per heavy atom. The predicted octanol–water partition coefficient (Wildman–Crippen LogP) is 2.09. The van der Waals surface area contributed by atoms with Crippen LogP contribution in [0.5, 0.6) is 0 Å². The molecule has 17 heavy (non-hydrogen) atoms. The molecule has 1 aliphatic carbocycles. The fourth-order valence-corrected chi connectivity index (χ4v) is 2.19. The molecule has 0 heterocycles. The Morgan fingerprint density at radius 3 is 2.82 bits per heavy atom. The monoisotopic (exact) mass is 236 g/mol. The van der Waals surface area contributed by atoms with Crippen LogP contribution in [0.3, 0.4) is 0 Å². The largest absolute Gasteiger partial charge is 0.386 e. The molecule has 2 rings (SSSR count). The minimum absolute atomic E-state index is 0.113. The van der Waals surface area contributed by atoms with Crippen molar-refractivity contribution in [3.8, 4) is 0 Å². The molecule has 0 bridgehead atoms. The molecule has 3 nitrogen and oxygen atoms in total. The fraction of sp³-hybridized carbons (Fsp3) is 0.571. The number of hydrogen-bond donors (Lipinski definition) is 1. The van der Waals surface area contributed by atoms with Crippen LogP contribution in [-0.4, -0.2) is 31.0 Å². The molecule has 0 spiro atoms. The van der Waals surface area contributed by atoms with Crippen LogP contribution in [0.4, 0.5) is 0 Å². The lowest BCUT2D eigenvalue weighted by atomic mass is 10.1. The van der Waals surface area contributed by atoms with E-state index < -0.39 is 6.10 Å². The van der Waals surface area contributed by atoms with Crippen molar-refractivity contribution in [1.82, 2.24) is 0 Å². The van der Waals surface area contributed by atoms with Crippen molar-refractivity contribution in [2.75, 3.05) is 19.8 Å². The second-order valence-corrected chi connectivity index (χ2v) is 4.37. The Labute approximate surface area is 102 Å². The summed E-state index contributed by atoms with van der Waals surface area (Å²) >= 11 is 0. The van der Waals surface area contributed by atoms with Gasteiger partial charge in [-0.05, 0) is 17.5 Å². The number of ether oxygens (including phenoxy) is 2. The predicted molar refractivity (Wildman–Crippen MR) is 66.0 cm³/mol. The van der Waals surface area contributed by atoms with Crippen LogP contribution in [-0.2, 0) is 15.9 Å². The van der Waals surface area contributed by atoms with E-state index in [9.17, 15) is 5.11 Å². The molecule has 3 heteroatoms. The molecular formula is C14H20O3. The van der Waals surface area contributed by atoms with E-state index in [0.717, 1.165) is 25.0 Å². The van der Waals surface area contributed by atoms with E-state index in [2.05, 4.69) is 13.0 Å². The van der Waals surface area contributed by atoms with Crippen molar-refractivity contribution in [2.45, 2.75) is 32.0 Å². The second kappa shape index (κ2) is 6.15. The first-order chi connectivity index (χ1) is 8.33. The SMILES string of the molecule is CCCOCCOC1Cc2ccccc2C1O. The number of hydrogen-bond acceptors (Lipinski definition) is 3. The molecule has 0 aromatic heterocycles. The van der Waals surface area contributed by atoms with Gasteiger partial charge in [0.05, 0.1) is 19.3 Å². The van der Waals surface area contributed by atoms with Crippen LogP contribution in [0.15, 0.2) is 24.3 Å². The lowest BCUT2D eigenvalue weighted by molar-refractivity contribution is -0.0483. The maximum absolute atomic E-state index is 10.1. The van der Waals surface area contributed by atoms with Crippen LogP contribution in [0.25, 0.3) is 0 Å². The van der Waals surface area contributed by atoms with Gasteiger partial charge in [-0.3, -0.25) is 0 Å². The highest BCUT2D eigenvalue weighted by Crippen LogP contribution is 2.32. The van der Waals surface area contributed by atoms with Crippen molar-refractivity contribution < 1.29 is 14.6 Å². The van der Waals surface area contributed by atoms with Crippen LogP contribution in [0, 0.1) is 0 Å². The molecule has 0 aliphatic heterocycles. The third-order valence-electron chi connectivity index (χ3n) is 3.06. The summed E-state index contributed by atoms with van der Waals surface area (Å²) in [5.74, 6) is 0. The second-order valence-electron chi connectivity index (χ2n) is 4.37. The first kappa shape index (κ1) is 12.6. The highest BCUT2D eigenvalue weighted by molar-refractivity contribution is 5.35. The highest BCUT2D eigenvalue weighted by atomic mass is 16.5. The minimum atomic E-state index is -0.489. The molecule has 1 aromatic rings. The van der Waals surface area contributed by atoms with Crippen LogP contribution >= 0.6 is 0 Å². The zero-order valence-corrected chi connectivity index (χ0v) is 10.3. The first-order valence-electron chi connectivity index (χ1n) is 6.28. The summed E-state index contributed by atoms with van der Waals surface area (Å²) in [5.41, 5.74) is 2.20. The topological polar surface area (TPSA) is 38.7 Å². The van der Waals surface area contributed by atoms with Crippen molar-refractivity contribution in [3.63, 3.8) is 0 Å². The van der Waals surface area contributed by atoms with E-state index in [1.807, 2.05) is 18.2 Å². The quantitative estimate of drug-likeness (QED) is 0.769. The summed E-state index contributed by atoms with van der Waals surface area (Å²) in [6.45, 7) is 4.01. The Balaban J connectivity index is 1.78. The molecule has 0 saturated carbocycles. The van der Waals surface area contributed by atoms with Crippen molar-refractivity contribution in [3.05, 3.63) is 35.4 Å². The average molecular weight is 236 g/mol. The van der Waals surface area contributed by atoms with Gasteiger partial charge in [-0.1, -0.05) is 31.2 Å². The normalized spacial score (nSPS) is 22.7. The van der Waals surface area contributed by atoms with Gasteiger partial charge in [0, 0.05) is 13.0 Å². The summed E-state index contributed by atoms with van der Waals surface area (Å²) in [6, 6.07) is 7.97. The van der Waals surface area contributed by atoms with Crippen molar-refractivity contribution in [2.24, 2.45) is 0 Å². The maximum Gasteiger partial charge on any atom is 0.106 e. The highest BCUT2D eigenvalue weighted by Gasteiger charge is 2.30. The molecule has 1 aliphatic rings. The molecular weight excluding hydrogens is 216 g/mol. The zero-order valence-electron chi connectivity index (χ0n) is 10.3. The van der Waals surface area contributed by atoms with Gasteiger partial charge in [-0.15, -0.1) is 0 Å². The van der Waals surface area contributed by atoms with Gasteiger partial charge in [0.1, 0.15) is 6.10 Å². The lowest BCUT2D eigenvalue weighted by Gasteiger charge is -2.16. The number of aliphatic hydroxyl groups is 1. The van der Waals surface area contributed by atoms with Crippen molar-refractivity contribution >= 4 is 0 Å². The molecule has 2 atom stereocenters. The van der Waals surface area contributed by atoms with Gasteiger partial charge in [0.15, 0.2) is 0 Å². The Hall–Kier alpha value is -0.900. The lowest BCUT2D eigenvalue weighted by Crippen LogP contribution is -2.20. The van der Waals surface area contributed by atoms with Crippen LogP contribution in [0.1, 0.15) is 30.6 Å². The summed E-state index contributed by atoms with van der Waals surface area (Å²) in [7, 11) is 0. The number of aliphatic hydroxyl groups excluding tert-OH is 1. The molecule has 0 amide bonds. The number of fused-ring (bicyclic) bond motifs is 1. The molecule has 0 saturated heterocycles. The summed E-state index contributed by atoms with van der Waals surface area (Å²) in [5, 5.41) is 10.1. The van der Waals surface area contributed by atoms with Crippen LogP contribution in [0.2, 0.25) is 0 Å². The molecule has 2 unspecified atom stereocenters. The Morgan fingerprint density at radius 2 is 2.06 bits per heavy atom. The Kier molecular flexibility index (Phi) is 4.54. The minimum Gasteiger partial charge on any atom is -0.386 e.